The van der Waals surface area contributed by atoms with Gasteiger partial charge in [0.1, 0.15) is 0 Å². The van der Waals surface area contributed by atoms with Gasteiger partial charge in [-0.3, -0.25) is 0 Å². The molecule has 0 aliphatic rings. The van der Waals surface area contributed by atoms with Crippen LogP contribution < -0.4 is 5.32 Å². The van der Waals surface area contributed by atoms with E-state index in [9.17, 15) is 0 Å². The second-order valence-corrected chi connectivity index (χ2v) is 4.59. The fourth-order valence-corrected chi connectivity index (χ4v) is 1.54. The summed E-state index contributed by atoms with van der Waals surface area (Å²) >= 11 is 12.1. The van der Waals surface area contributed by atoms with E-state index in [1.807, 2.05) is 18.2 Å². The first-order valence-corrected chi connectivity index (χ1v) is 5.48. The van der Waals surface area contributed by atoms with Crippen LogP contribution in [-0.4, -0.2) is 6.04 Å². The molecule has 1 rings (SSSR count). The molecule has 1 aromatic rings. The van der Waals surface area contributed by atoms with Crippen LogP contribution in [0, 0.1) is 5.92 Å². The predicted octanol–water partition coefficient (Wildman–Crippen LogP) is 4.45. The third kappa shape index (κ3) is 2.79. The number of hydrogen-bond donors (Lipinski definition) is 1. The number of halogens is 2. The zero-order valence-corrected chi connectivity index (χ0v) is 10.2. The van der Waals surface area contributed by atoms with E-state index < -0.39 is 0 Å². The topological polar surface area (TPSA) is 12.0 Å². The van der Waals surface area contributed by atoms with Gasteiger partial charge in [-0.1, -0.05) is 43.1 Å². The molecule has 0 saturated heterocycles. The van der Waals surface area contributed by atoms with Crippen molar-refractivity contribution in [2.24, 2.45) is 5.92 Å². The fourth-order valence-electron chi connectivity index (χ4n) is 1.03. The van der Waals surface area contributed by atoms with Crippen LogP contribution in [0.4, 0.5) is 5.69 Å². The summed E-state index contributed by atoms with van der Waals surface area (Å²) in [5.41, 5.74) is 0.831. The quantitative estimate of drug-likeness (QED) is 0.811. The van der Waals surface area contributed by atoms with Gasteiger partial charge in [0.05, 0.1) is 15.7 Å². The summed E-state index contributed by atoms with van der Waals surface area (Å²) in [7, 11) is 0. The van der Waals surface area contributed by atoms with Gasteiger partial charge in [-0.05, 0) is 25.0 Å². The third-order valence-corrected chi connectivity index (χ3v) is 2.96. The highest BCUT2D eigenvalue weighted by Crippen LogP contribution is 2.30. The Morgan fingerprint density at radius 3 is 2.00 bits per heavy atom. The molecular formula is C11H15Cl2N. The normalized spacial score (nSPS) is 13.0. The van der Waals surface area contributed by atoms with Crippen molar-refractivity contribution >= 4 is 28.9 Å². The molecule has 0 bridgehead atoms. The first kappa shape index (κ1) is 11.7. The van der Waals surface area contributed by atoms with Crippen LogP contribution in [0.1, 0.15) is 20.8 Å². The Balaban J connectivity index is 2.85. The number of benzene rings is 1. The largest absolute Gasteiger partial charge is 0.380 e. The van der Waals surface area contributed by atoms with Gasteiger partial charge in [-0.2, -0.15) is 0 Å². The maximum absolute atomic E-state index is 6.03. The Hall–Kier alpha value is -0.400. The summed E-state index contributed by atoms with van der Waals surface area (Å²) < 4.78 is 0. The number of anilines is 1. The first-order chi connectivity index (χ1) is 6.52. The highest BCUT2D eigenvalue weighted by Gasteiger charge is 2.11. The number of hydrogen-bond acceptors (Lipinski definition) is 1. The van der Waals surface area contributed by atoms with Gasteiger partial charge in [-0.15, -0.1) is 0 Å². The Labute approximate surface area is 95.4 Å². The van der Waals surface area contributed by atoms with Gasteiger partial charge in [0, 0.05) is 6.04 Å². The molecule has 14 heavy (non-hydrogen) atoms. The average molecular weight is 232 g/mol. The molecule has 0 spiro atoms. The van der Waals surface area contributed by atoms with E-state index >= 15 is 0 Å². The lowest BCUT2D eigenvalue weighted by Crippen LogP contribution is -2.21. The molecule has 0 aliphatic heterocycles. The zero-order valence-electron chi connectivity index (χ0n) is 8.64. The van der Waals surface area contributed by atoms with Gasteiger partial charge >= 0.3 is 0 Å². The summed E-state index contributed by atoms with van der Waals surface area (Å²) in [4.78, 5) is 0. The molecule has 0 aromatic heterocycles. The van der Waals surface area contributed by atoms with Crippen LogP contribution >= 0.6 is 23.2 Å². The van der Waals surface area contributed by atoms with E-state index in [0.717, 1.165) is 5.69 Å². The highest BCUT2D eigenvalue weighted by atomic mass is 35.5. The number of rotatable bonds is 3. The molecule has 3 heteroatoms. The van der Waals surface area contributed by atoms with Crippen molar-refractivity contribution in [3.63, 3.8) is 0 Å². The monoisotopic (exact) mass is 231 g/mol. The summed E-state index contributed by atoms with van der Waals surface area (Å²) in [5.74, 6) is 0.544. The Morgan fingerprint density at radius 1 is 1.07 bits per heavy atom. The molecular weight excluding hydrogens is 217 g/mol. The van der Waals surface area contributed by atoms with Crippen LogP contribution in [0.2, 0.25) is 10.0 Å². The van der Waals surface area contributed by atoms with E-state index in [4.69, 9.17) is 23.2 Å². The molecule has 0 heterocycles. The minimum Gasteiger partial charge on any atom is -0.380 e. The molecule has 0 amide bonds. The molecule has 0 fully saturated rings. The van der Waals surface area contributed by atoms with E-state index in [0.29, 0.717) is 22.0 Å². The van der Waals surface area contributed by atoms with Crippen molar-refractivity contribution in [2.75, 3.05) is 5.32 Å². The fraction of sp³-hybridized carbons (Fsp3) is 0.455. The summed E-state index contributed by atoms with van der Waals surface area (Å²) in [5, 5.41) is 4.66. The van der Waals surface area contributed by atoms with Crippen LogP contribution in [-0.2, 0) is 0 Å². The molecule has 1 atom stereocenters. The molecule has 1 aromatic carbocycles. The molecule has 1 N–H and O–H groups in total. The van der Waals surface area contributed by atoms with Crippen molar-refractivity contribution in [3.05, 3.63) is 28.2 Å². The van der Waals surface area contributed by atoms with Crippen molar-refractivity contribution < 1.29 is 0 Å². The molecule has 0 radical (unpaired) electrons. The Kier molecular flexibility index (Phi) is 4.09. The van der Waals surface area contributed by atoms with Crippen molar-refractivity contribution in [3.8, 4) is 0 Å². The second-order valence-electron chi connectivity index (χ2n) is 3.77. The zero-order chi connectivity index (χ0) is 10.7. The maximum Gasteiger partial charge on any atom is 0.0721 e. The van der Waals surface area contributed by atoms with Crippen molar-refractivity contribution in [1.82, 2.24) is 0 Å². The van der Waals surface area contributed by atoms with Gasteiger partial charge in [-0.25, -0.2) is 0 Å². The van der Waals surface area contributed by atoms with Gasteiger partial charge in [0.15, 0.2) is 0 Å². The molecule has 78 valence electrons. The maximum atomic E-state index is 6.03. The Morgan fingerprint density at radius 2 is 1.57 bits per heavy atom. The number of para-hydroxylation sites is 1. The standard InChI is InChI=1S/C11H15Cl2N/c1-7(2)8(3)14-11-9(12)5-4-6-10(11)13/h4-8,14H,1-3H3. The van der Waals surface area contributed by atoms with Gasteiger partial charge in [0.2, 0.25) is 0 Å². The second kappa shape index (κ2) is 4.90. The summed E-state index contributed by atoms with van der Waals surface area (Å²) in [6.07, 6.45) is 0. The lowest BCUT2D eigenvalue weighted by Gasteiger charge is -2.20. The average Bonchev–Trinajstić information content (AvgIpc) is 2.11. The van der Waals surface area contributed by atoms with Crippen LogP contribution in [0.15, 0.2) is 18.2 Å². The molecule has 1 unspecified atom stereocenters. The predicted molar refractivity (Wildman–Crippen MR) is 64.4 cm³/mol. The highest BCUT2D eigenvalue weighted by molar-refractivity contribution is 6.39. The van der Waals surface area contributed by atoms with Gasteiger partial charge in [0.25, 0.3) is 0 Å². The molecule has 0 saturated carbocycles. The molecule has 0 aliphatic carbocycles. The summed E-state index contributed by atoms with van der Waals surface area (Å²) in [6.45, 7) is 6.43. The summed E-state index contributed by atoms with van der Waals surface area (Å²) in [6, 6.07) is 5.87. The first-order valence-electron chi connectivity index (χ1n) is 4.73. The van der Waals surface area contributed by atoms with E-state index in [-0.39, 0.29) is 0 Å². The van der Waals surface area contributed by atoms with E-state index in [2.05, 4.69) is 26.1 Å². The van der Waals surface area contributed by atoms with E-state index in [1.165, 1.54) is 0 Å². The van der Waals surface area contributed by atoms with Crippen molar-refractivity contribution in [1.29, 1.82) is 0 Å². The van der Waals surface area contributed by atoms with E-state index in [1.54, 1.807) is 0 Å². The van der Waals surface area contributed by atoms with Gasteiger partial charge < -0.3 is 5.32 Å². The van der Waals surface area contributed by atoms with Crippen molar-refractivity contribution in [2.45, 2.75) is 26.8 Å². The number of nitrogens with one attached hydrogen (secondary N) is 1. The lowest BCUT2D eigenvalue weighted by molar-refractivity contribution is 0.560. The lowest BCUT2D eigenvalue weighted by atomic mass is 10.1. The minimum atomic E-state index is 0.354. The SMILES string of the molecule is CC(C)C(C)Nc1c(Cl)cccc1Cl. The van der Waals surface area contributed by atoms with Crippen LogP contribution in [0.3, 0.4) is 0 Å². The third-order valence-electron chi connectivity index (χ3n) is 2.33. The van der Waals surface area contributed by atoms with Crippen LogP contribution in [0.5, 0.6) is 0 Å². The Bertz CT molecular complexity index is 290. The minimum absolute atomic E-state index is 0.354. The van der Waals surface area contributed by atoms with Crippen LogP contribution in [0.25, 0.3) is 0 Å². The molecule has 1 nitrogen and oxygen atoms in total. The smallest absolute Gasteiger partial charge is 0.0721 e.